The minimum Gasteiger partial charge on any atom is -0.326 e. The molecule has 1 aromatic carbocycles. The summed E-state index contributed by atoms with van der Waals surface area (Å²) < 4.78 is 2.61. The number of rotatable bonds is 4. The number of carbonyl (C=O) groups is 1. The van der Waals surface area contributed by atoms with Gasteiger partial charge >= 0.3 is 0 Å². The lowest BCUT2D eigenvalue weighted by atomic mass is 10.3. The second-order valence-corrected chi connectivity index (χ2v) is 4.38. The van der Waals surface area contributed by atoms with Gasteiger partial charge in [-0.25, -0.2) is 4.98 Å². The number of hydrogen-bond donors (Lipinski definition) is 1. The van der Waals surface area contributed by atoms with E-state index in [-0.39, 0.29) is 5.91 Å². The van der Waals surface area contributed by atoms with Crippen molar-refractivity contribution in [3.63, 3.8) is 0 Å². The molecule has 2 rings (SSSR count). The third kappa shape index (κ3) is 3.67. The van der Waals surface area contributed by atoms with Gasteiger partial charge in [0.2, 0.25) is 5.91 Å². The standard InChI is InChI=1S/C11H11BrN4O/c12-9-1-3-10(4-2-9)15-11(17)5-6-16-8-13-7-14-16/h1-4,7-8H,5-6H2,(H,15,17). The molecular formula is C11H11BrN4O. The number of aryl methyl sites for hydroxylation is 1. The number of halogens is 1. The second-order valence-electron chi connectivity index (χ2n) is 3.46. The number of aromatic nitrogens is 3. The van der Waals surface area contributed by atoms with Gasteiger partial charge in [0, 0.05) is 16.6 Å². The summed E-state index contributed by atoms with van der Waals surface area (Å²) in [5.41, 5.74) is 0.789. The molecule has 0 atom stereocenters. The fourth-order valence-electron chi connectivity index (χ4n) is 1.32. The van der Waals surface area contributed by atoms with Crippen LogP contribution in [0.15, 0.2) is 41.4 Å². The quantitative estimate of drug-likeness (QED) is 0.939. The molecule has 1 heterocycles. The number of nitrogens with zero attached hydrogens (tertiary/aromatic N) is 3. The van der Waals surface area contributed by atoms with Crippen molar-refractivity contribution in [1.82, 2.24) is 14.8 Å². The Morgan fingerprint density at radius 3 is 2.76 bits per heavy atom. The molecule has 6 heteroatoms. The highest BCUT2D eigenvalue weighted by Crippen LogP contribution is 2.14. The van der Waals surface area contributed by atoms with E-state index in [4.69, 9.17) is 0 Å². The van der Waals surface area contributed by atoms with Crippen LogP contribution in [-0.4, -0.2) is 20.7 Å². The van der Waals surface area contributed by atoms with E-state index in [2.05, 4.69) is 31.3 Å². The first-order valence-electron chi connectivity index (χ1n) is 5.12. The Morgan fingerprint density at radius 1 is 1.35 bits per heavy atom. The van der Waals surface area contributed by atoms with E-state index in [0.29, 0.717) is 13.0 Å². The summed E-state index contributed by atoms with van der Waals surface area (Å²) in [7, 11) is 0. The zero-order valence-corrected chi connectivity index (χ0v) is 10.6. The third-order valence-corrected chi connectivity index (χ3v) is 2.69. The largest absolute Gasteiger partial charge is 0.326 e. The first-order valence-corrected chi connectivity index (χ1v) is 5.91. The van der Waals surface area contributed by atoms with Crippen LogP contribution in [0, 0.1) is 0 Å². The maximum absolute atomic E-state index is 11.6. The zero-order chi connectivity index (χ0) is 12.1. The smallest absolute Gasteiger partial charge is 0.226 e. The fraction of sp³-hybridized carbons (Fsp3) is 0.182. The molecule has 0 aliphatic rings. The summed E-state index contributed by atoms with van der Waals surface area (Å²) in [5.74, 6) is -0.0391. The molecule has 0 aliphatic carbocycles. The van der Waals surface area contributed by atoms with Crippen LogP contribution in [-0.2, 0) is 11.3 Å². The van der Waals surface area contributed by atoms with Crippen molar-refractivity contribution in [3.05, 3.63) is 41.4 Å². The molecule has 0 radical (unpaired) electrons. The fourth-order valence-corrected chi connectivity index (χ4v) is 1.59. The Bertz CT molecular complexity index is 481. The Kier molecular flexibility index (Phi) is 3.87. The number of hydrogen-bond acceptors (Lipinski definition) is 3. The van der Waals surface area contributed by atoms with E-state index in [9.17, 15) is 4.79 Å². The normalized spacial score (nSPS) is 10.2. The maximum atomic E-state index is 11.6. The van der Waals surface area contributed by atoms with E-state index in [0.717, 1.165) is 10.2 Å². The Balaban J connectivity index is 1.83. The average molecular weight is 295 g/mol. The monoisotopic (exact) mass is 294 g/mol. The van der Waals surface area contributed by atoms with Crippen molar-refractivity contribution in [1.29, 1.82) is 0 Å². The number of benzene rings is 1. The van der Waals surface area contributed by atoms with Gasteiger partial charge in [-0.15, -0.1) is 0 Å². The maximum Gasteiger partial charge on any atom is 0.226 e. The van der Waals surface area contributed by atoms with Crippen molar-refractivity contribution in [3.8, 4) is 0 Å². The van der Waals surface area contributed by atoms with Crippen LogP contribution in [0.1, 0.15) is 6.42 Å². The van der Waals surface area contributed by atoms with Crippen LogP contribution < -0.4 is 5.32 Å². The summed E-state index contributed by atoms with van der Waals surface area (Å²) in [4.78, 5) is 15.4. The molecule has 1 N–H and O–H groups in total. The topological polar surface area (TPSA) is 59.8 Å². The molecule has 0 saturated carbocycles. The van der Waals surface area contributed by atoms with Gasteiger partial charge in [-0.1, -0.05) is 15.9 Å². The van der Waals surface area contributed by atoms with Gasteiger partial charge in [0.05, 0.1) is 6.54 Å². The predicted octanol–water partition coefficient (Wildman–Crippen LogP) is 2.07. The second kappa shape index (κ2) is 5.58. The zero-order valence-electron chi connectivity index (χ0n) is 9.01. The first kappa shape index (κ1) is 11.8. The van der Waals surface area contributed by atoms with Crippen LogP contribution >= 0.6 is 15.9 Å². The van der Waals surface area contributed by atoms with E-state index in [1.807, 2.05) is 24.3 Å². The van der Waals surface area contributed by atoms with Gasteiger partial charge < -0.3 is 5.32 Å². The van der Waals surface area contributed by atoms with Crippen molar-refractivity contribution in [2.24, 2.45) is 0 Å². The number of carbonyl (C=O) groups excluding carboxylic acids is 1. The van der Waals surface area contributed by atoms with Gasteiger partial charge in [-0.2, -0.15) is 5.10 Å². The molecule has 17 heavy (non-hydrogen) atoms. The first-order chi connectivity index (χ1) is 8.24. The molecule has 0 aliphatic heterocycles. The highest BCUT2D eigenvalue weighted by Gasteiger charge is 2.02. The summed E-state index contributed by atoms with van der Waals surface area (Å²) in [6, 6.07) is 7.45. The Labute approximate surface area is 107 Å². The van der Waals surface area contributed by atoms with Gasteiger partial charge in [0.15, 0.2) is 0 Å². The molecule has 5 nitrogen and oxygen atoms in total. The number of anilines is 1. The summed E-state index contributed by atoms with van der Waals surface area (Å²) in [6.45, 7) is 0.530. The molecule has 2 aromatic rings. The number of nitrogens with one attached hydrogen (secondary N) is 1. The van der Waals surface area contributed by atoms with Crippen LogP contribution in [0.4, 0.5) is 5.69 Å². The Hall–Kier alpha value is -1.69. The summed E-state index contributed by atoms with van der Waals surface area (Å²) in [5, 5.41) is 6.74. The SMILES string of the molecule is O=C(CCn1cncn1)Nc1ccc(Br)cc1. The molecule has 0 saturated heterocycles. The van der Waals surface area contributed by atoms with E-state index >= 15 is 0 Å². The molecule has 0 unspecified atom stereocenters. The van der Waals surface area contributed by atoms with Crippen LogP contribution in [0.25, 0.3) is 0 Å². The van der Waals surface area contributed by atoms with Crippen LogP contribution in [0.3, 0.4) is 0 Å². The molecular weight excluding hydrogens is 284 g/mol. The average Bonchev–Trinajstić information content (AvgIpc) is 2.83. The van der Waals surface area contributed by atoms with Crippen molar-refractivity contribution in [2.45, 2.75) is 13.0 Å². The van der Waals surface area contributed by atoms with E-state index < -0.39 is 0 Å². The molecule has 0 spiro atoms. The summed E-state index contributed by atoms with van der Waals surface area (Å²) >= 11 is 3.34. The molecule has 0 bridgehead atoms. The lowest BCUT2D eigenvalue weighted by Crippen LogP contribution is -2.14. The minimum atomic E-state index is -0.0391. The van der Waals surface area contributed by atoms with E-state index in [1.165, 1.54) is 6.33 Å². The third-order valence-electron chi connectivity index (χ3n) is 2.16. The van der Waals surface area contributed by atoms with E-state index in [1.54, 1.807) is 11.0 Å². The molecule has 88 valence electrons. The van der Waals surface area contributed by atoms with Gasteiger partial charge in [0.25, 0.3) is 0 Å². The minimum absolute atomic E-state index is 0.0391. The molecule has 0 fully saturated rings. The van der Waals surface area contributed by atoms with Gasteiger partial charge in [0.1, 0.15) is 12.7 Å². The van der Waals surface area contributed by atoms with Crippen molar-refractivity contribution < 1.29 is 4.79 Å². The highest BCUT2D eigenvalue weighted by atomic mass is 79.9. The van der Waals surface area contributed by atoms with Crippen LogP contribution in [0.2, 0.25) is 0 Å². The van der Waals surface area contributed by atoms with Crippen LogP contribution in [0.5, 0.6) is 0 Å². The molecule has 1 aromatic heterocycles. The summed E-state index contributed by atoms with van der Waals surface area (Å²) in [6.07, 6.45) is 3.42. The number of amides is 1. The van der Waals surface area contributed by atoms with Crippen molar-refractivity contribution >= 4 is 27.5 Å². The highest BCUT2D eigenvalue weighted by molar-refractivity contribution is 9.10. The predicted molar refractivity (Wildman–Crippen MR) is 67.4 cm³/mol. The van der Waals surface area contributed by atoms with Crippen molar-refractivity contribution in [2.75, 3.05) is 5.32 Å². The lowest BCUT2D eigenvalue weighted by molar-refractivity contribution is -0.116. The Morgan fingerprint density at radius 2 is 2.12 bits per heavy atom. The van der Waals surface area contributed by atoms with Gasteiger partial charge in [-0.05, 0) is 24.3 Å². The molecule has 1 amide bonds. The van der Waals surface area contributed by atoms with Gasteiger partial charge in [-0.3, -0.25) is 9.48 Å². The lowest BCUT2D eigenvalue weighted by Gasteiger charge is -2.05.